The van der Waals surface area contributed by atoms with Crippen LogP contribution < -0.4 is 20.5 Å². The fourth-order valence-electron chi connectivity index (χ4n) is 1.71. The molecule has 6 heteroatoms. The van der Waals surface area contributed by atoms with E-state index in [1.807, 2.05) is 6.92 Å². The normalized spacial score (nSPS) is 10.0. The van der Waals surface area contributed by atoms with Gasteiger partial charge in [-0.1, -0.05) is 0 Å². The second-order valence-corrected chi connectivity index (χ2v) is 4.24. The average molecular weight is 287 g/mol. The lowest BCUT2D eigenvalue weighted by Crippen LogP contribution is -2.23. The summed E-state index contributed by atoms with van der Waals surface area (Å²) in [5.41, 5.74) is 6.63. The molecule has 110 valence electrons. The third-order valence-corrected chi connectivity index (χ3v) is 2.75. The van der Waals surface area contributed by atoms with Gasteiger partial charge < -0.3 is 20.5 Å². The number of pyridine rings is 1. The molecule has 0 unspecified atom stereocenters. The van der Waals surface area contributed by atoms with Crippen molar-refractivity contribution in [3.8, 4) is 17.2 Å². The van der Waals surface area contributed by atoms with Gasteiger partial charge in [0, 0.05) is 24.9 Å². The van der Waals surface area contributed by atoms with E-state index in [0.29, 0.717) is 29.5 Å². The molecule has 1 heterocycles. The Labute approximate surface area is 122 Å². The van der Waals surface area contributed by atoms with Crippen molar-refractivity contribution in [3.05, 3.63) is 42.2 Å². The van der Waals surface area contributed by atoms with Crippen LogP contribution in [0.3, 0.4) is 0 Å². The van der Waals surface area contributed by atoms with E-state index >= 15 is 0 Å². The van der Waals surface area contributed by atoms with Crippen molar-refractivity contribution in [1.29, 1.82) is 0 Å². The summed E-state index contributed by atoms with van der Waals surface area (Å²) >= 11 is 0. The number of carbonyl (C=O) groups is 1. The summed E-state index contributed by atoms with van der Waals surface area (Å²) in [4.78, 5) is 15.8. The van der Waals surface area contributed by atoms with Crippen LogP contribution in [0.4, 0.5) is 5.69 Å². The van der Waals surface area contributed by atoms with Crippen LogP contribution in [0.1, 0.15) is 17.4 Å². The molecule has 1 aromatic carbocycles. The fraction of sp³-hybridized carbons (Fsp3) is 0.200. The lowest BCUT2D eigenvalue weighted by atomic mass is 10.2. The number of nitrogens with one attached hydrogen (secondary N) is 1. The van der Waals surface area contributed by atoms with E-state index in [-0.39, 0.29) is 11.6 Å². The number of benzene rings is 1. The van der Waals surface area contributed by atoms with E-state index in [0.717, 1.165) is 0 Å². The van der Waals surface area contributed by atoms with Crippen LogP contribution in [0.15, 0.2) is 36.5 Å². The van der Waals surface area contributed by atoms with Crippen LogP contribution in [0.5, 0.6) is 17.2 Å². The Kier molecular flexibility index (Phi) is 4.61. The van der Waals surface area contributed by atoms with E-state index in [1.54, 1.807) is 37.4 Å². The van der Waals surface area contributed by atoms with Gasteiger partial charge in [-0.3, -0.25) is 9.78 Å². The number of methoxy groups -OCH3 is 1. The number of aromatic nitrogens is 1. The topological polar surface area (TPSA) is 86.5 Å². The first-order chi connectivity index (χ1) is 10.1. The first kappa shape index (κ1) is 14.6. The van der Waals surface area contributed by atoms with Crippen LogP contribution >= 0.6 is 0 Å². The number of anilines is 1. The monoisotopic (exact) mass is 287 g/mol. The summed E-state index contributed by atoms with van der Waals surface area (Å²) in [6.07, 6.45) is 1.51. The van der Waals surface area contributed by atoms with Crippen molar-refractivity contribution in [1.82, 2.24) is 10.3 Å². The largest absolute Gasteiger partial charge is 0.497 e. The summed E-state index contributed by atoms with van der Waals surface area (Å²) < 4.78 is 10.8. The van der Waals surface area contributed by atoms with Crippen LogP contribution in [0.25, 0.3) is 0 Å². The molecule has 0 atom stereocenters. The first-order valence-corrected chi connectivity index (χ1v) is 6.49. The smallest absolute Gasteiger partial charge is 0.270 e. The van der Waals surface area contributed by atoms with Crippen LogP contribution in [0.2, 0.25) is 0 Å². The van der Waals surface area contributed by atoms with Gasteiger partial charge in [0.1, 0.15) is 17.2 Å². The minimum atomic E-state index is -0.249. The number of hydrogen-bond donors (Lipinski definition) is 2. The van der Waals surface area contributed by atoms with Gasteiger partial charge in [-0.15, -0.1) is 0 Å². The van der Waals surface area contributed by atoms with Crippen LogP contribution in [0, 0.1) is 0 Å². The molecule has 0 aliphatic heterocycles. The van der Waals surface area contributed by atoms with E-state index in [4.69, 9.17) is 15.2 Å². The number of hydrogen-bond acceptors (Lipinski definition) is 5. The second-order valence-electron chi connectivity index (χ2n) is 4.24. The number of nitrogen functional groups attached to an aromatic ring is 1. The molecule has 2 aromatic rings. The Balaban J connectivity index is 2.24. The lowest BCUT2D eigenvalue weighted by Gasteiger charge is -2.10. The van der Waals surface area contributed by atoms with Gasteiger partial charge in [0.15, 0.2) is 5.75 Å². The Morgan fingerprint density at radius 1 is 1.29 bits per heavy atom. The molecule has 1 amide bonds. The first-order valence-electron chi connectivity index (χ1n) is 6.49. The quantitative estimate of drug-likeness (QED) is 0.823. The van der Waals surface area contributed by atoms with Gasteiger partial charge in [-0.05, 0) is 25.1 Å². The molecule has 0 aliphatic rings. The van der Waals surface area contributed by atoms with E-state index in [1.165, 1.54) is 6.20 Å². The summed E-state index contributed by atoms with van der Waals surface area (Å²) in [5, 5.41) is 2.68. The molecule has 1 aromatic heterocycles. The van der Waals surface area contributed by atoms with E-state index in [2.05, 4.69) is 10.3 Å². The molecular formula is C15H17N3O3. The number of rotatable bonds is 5. The maximum Gasteiger partial charge on any atom is 0.270 e. The SMILES string of the molecule is CCNC(=O)c1cc(Oc2cc(OC)ccc2N)ccn1. The molecule has 0 bridgehead atoms. The molecule has 0 fully saturated rings. The van der Waals surface area contributed by atoms with Crippen molar-refractivity contribution < 1.29 is 14.3 Å². The average Bonchev–Trinajstić information content (AvgIpc) is 2.50. The fourth-order valence-corrected chi connectivity index (χ4v) is 1.71. The number of nitrogens with zero attached hydrogens (tertiary/aromatic N) is 1. The Morgan fingerprint density at radius 2 is 2.10 bits per heavy atom. The third kappa shape index (κ3) is 3.62. The van der Waals surface area contributed by atoms with Crippen LogP contribution in [-0.2, 0) is 0 Å². The summed E-state index contributed by atoms with van der Waals surface area (Å²) in [5.74, 6) is 1.33. The Morgan fingerprint density at radius 3 is 2.81 bits per heavy atom. The molecule has 2 rings (SSSR count). The highest BCUT2D eigenvalue weighted by atomic mass is 16.5. The van der Waals surface area contributed by atoms with Crippen molar-refractivity contribution in [2.75, 3.05) is 19.4 Å². The van der Waals surface area contributed by atoms with Crippen molar-refractivity contribution >= 4 is 11.6 Å². The molecule has 21 heavy (non-hydrogen) atoms. The van der Waals surface area contributed by atoms with Gasteiger partial charge in [0.25, 0.3) is 5.91 Å². The minimum Gasteiger partial charge on any atom is -0.497 e. The third-order valence-electron chi connectivity index (χ3n) is 2.75. The van der Waals surface area contributed by atoms with Crippen molar-refractivity contribution in [3.63, 3.8) is 0 Å². The number of ether oxygens (including phenoxy) is 2. The predicted molar refractivity (Wildman–Crippen MR) is 79.7 cm³/mol. The maximum atomic E-state index is 11.7. The molecule has 0 radical (unpaired) electrons. The molecule has 6 nitrogen and oxygen atoms in total. The highest BCUT2D eigenvalue weighted by Gasteiger charge is 2.09. The number of amides is 1. The molecular weight excluding hydrogens is 270 g/mol. The molecule has 0 aliphatic carbocycles. The van der Waals surface area contributed by atoms with E-state index in [9.17, 15) is 4.79 Å². The summed E-state index contributed by atoms with van der Waals surface area (Å²) in [6.45, 7) is 2.38. The van der Waals surface area contributed by atoms with Gasteiger partial charge in [0.05, 0.1) is 12.8 Å². The highest BCUT2D eigenvalue weighted by Crippen LogP contribution is 2.31. The summed E-state index contributed by atoms with van der Waals surface area (Å²) in [7, 11) is 1.56. The zero-order chi connectivity index (χ0) is 15.2. The Bertz CT molecular complexity index is 644. The zero-order valence-corrected chi connectivity index (χ0v) is 11.9. The van der Waals surface area contributed by atoms with Gasteiger partial charge in [0.2, 0.25) is 0 Å². The van der Waals surface area contributed by atoms with Crippen molar-refractivity contribution in [2.45, 2.75) is 6.92 Å². The second kappa shape index (κ2) is 6.60. The molecule has 0 spiro atoms. The standard InChI is InChI=1S/C15H17N3O3/c1-3-17-15(19)13-8-11(6-7-18-13)21-14-9-10(20-2)4-5-12(14)16/h4-9H,3,16H2,1-2H3,(H,17,19). The molecule has 3 N–H and O–H groups in total. The minimum absolute atomic E-state index is 0.249. The lowest BCUT2D eigenvalue weighted by molar-refractivity contribution is 0.0950. The molecule has 0 saturated heterocycles. The maximum absolute atomic E-state index is 11.7. The zero-order valence-electron chi connectivity index (χ0n) is 11.9. The summed E-state index contributed by atoms with van der Waals surface area (Å²) in [6, 6.07) is 8.34. The number of nitrogens with two attached hydrogens (primary N) is 1. The van der Waals surface area contributed by atoms with Crippen molar-refractivity contribution in [2.24, 2.45) is 0 Å². The molecule has 0 saturated carbocycles. The number of carbonyl (C=O) groups excluding carboxylic acids is 1. The van der Waals surface area contributed by atoms with Crippen LogP contribution in [-0.4, -0.2) is 24.5 Å². The van der Waals surface area contributed by atoms with Gasteiger partial charge >= 0.3 is 0 Å². The Hall–Kier alpha value is -2.76. The highest BCUT2D eigenvalue weighted by molar-refractivity contribution is 5.92. The van der Waals surface area contributed by atoms with Gasteiger partial charge in [-0.25, -0.2) is 0 Å². The van der Waals surface area contributed by atoms with E-state index < -0.39 is 0 Å². The predicted octanol–water partition coefficient (Wildman–Crippen LogP) is 2.21. The van der Waals surface area contributed by atoms with Gasteiger partial charge in [-0.2, -0.15) is 0 Å².